The number of aliphatic hydroxyl groups is 2. The molecule has 0 amide bonds. The summed E-state index contributed by atoms with van der Waals surface area (Å²) in [5.74, 6) is 1.65. The van der Waals surface area contributed by atoms with E-state index in [1.165, 1.54) is 24.2 Å². The van der Waals surface area contributed by atoms with Crippen LogP contribution in [-0.2, 0) is 33.7 Å². The molecule has 23 heavy (non-hydrogen) atoms. The molecule has 4 nitrogen and oxygen atoms in total. The van der Waals surface area contributed by atoms with Gasteiger partial charge in [0.25, 0.3) is 0 Å². The normalized spacial score (nSPS) is 13.1. The molecule has 130 valence electrons. The number of ether oxygens (including phenoxy) is 2. The Balaban J connectivity index is -0.000000277. The molecule has 0 unspecified atom stereocenters. The number of allylic oxidation sites excluding steroid dienone is 6. The molecular weight excluding hydrogens is 418 g/mol. The van der Waals surface area contributed by atoms with Gasteiger partial charge in [-0.15, -0.1) is 25.0 Å². The molecule has 0 aromatic heterocycles. The van der Waals surface area contributed by atoms with Crippen molar-refractivity contribution in [3.8, 4) is 0 Å². The summed E-state index contributed by atoms with van der Waals surface area (Å²) in [5.41, 5.74) is 0. The van der Waals surface area contributed by atoms with Gasteiger partial charge in [-0.05, 0) is 11.5 Å². The van der Waals surface area contributed by atoms with E-state index in [0.29, 0.717) is 13.2 Å². The van der Waals surface area contributed by atoms with Gasteiger partial charge in [-0.25, -0.2) is 0 Å². The first-order valence-electron chi connectivity index (χ1n) is 6.74. The maximum Gasteiger partial charge on any atom is 0.0876 e. The minimum Gasteiger partial charge on any atom is -1.00 e. The van der Waals surface area contributed by atoms with Gasteiger partial charge in [-0.3, -0.25) is 12.2 Å². The van der Waals surface area contributed by atoms with Crippen molar-refractivity contribution >= 4 is 3.71 Å². The van der Waals surface area contributed by atoms with Crippen LogP contribution in [0, 0.1) is 12.2 Å². The van der Waals surface area contributed by atoms with Gasteiger partial charge in [0.05, 0.1) is 26.4 Å². The molecule has 0 fully saturated rings. The standard InChI is InChI=1S/2C7H9O2.C2H4.2ClH.Zr/c2*8-5-6-9-7-3-1-2-4-7;1-2;;;/h2*3-4,8H,1,5-6H2;1H,2H3;2*1H;/q2*-1;;;;+2/p-2. The van der Waals surface area contributed by atoms with E-state index in [1.807, 2.05) is 19.1 Å². The fourth-order valence-corrected chi connectivity index (χ4v) is 1.28. The molecule has 7 heteroatoms. The van der Waals surface area contributed by atoms with Crippen LogP contribution < -0.4 is 24.8 Å². The molecule has 0 atom stereocenters. The monoisotopic (exact) mass is 438 g/mol. The number of hydrogen-bond acceptors (Lipinski definition) is 4. The zero-order chi connectivity index (χ0) is 15.8. The number of hydrogen-bond donors (Lipinski definition) is 2. The van der Waals surface area contributed by atoms with E-state index < -0.39 is 0 Å². The summed E-state index contributed by atoms with van der Waals surface area (Å²) in [6.07, 6.45) is 15.0. The van der Waals surface area contributed by atoms with Crippen molar-refractivity contribution in [2.24, 2.45) is 0 Å². The van der Waals surface area contributed by atoms with Crippen LogP contribution >= 0.6 is 0 Å². The van der Waals surface area contributed by atoms with Crippen molar-refractivity contribution in [2.45, 2.75) is 19.8 Å². The largest absolute Gasteiger partial charge is 1.00 e. The average molecular weight is 440 g/mol. The molecule has 0 saturated heterocycles. The van der Waals surface area contributed by atoms with Crippen molar-refractivity contribution in [3.63, 3.8) is 0 Å². The topological polar surface area (TPSA) is 58.9 Å². The fraction of sp³-hybridized carbons (Fsp3) is 0.438. The Labute approximate surface area is 166 Å². The van der Waals surface area contributed by atoms with Crippen LogP contribution in [-0.4, -0.2) is 40.3 Å². The Morgan fingerprint density at radius 3 is 1.57 bits per heavy atom. The SMILES string of the molecule is C[CH]=[Zr+2].OCCOC1=CC[C-]=C1.OCCOC1=CC[C-]=C1.[Cl-].[Cl-]. The Morgan fingerprint density at radius 1 is 1.00 bits per heavy atom. The van der Waals surface area contributed by atoms with Crippen LogP contribution in [0.5, 0.6) is 0 Å². The van der Waals surface area contributed by atoms with Crippen LogP contribution in [0.3, 0.4) is 0 Å². The van der Waals surface area contributed by atoms with Crippen molar-refractivity contribution in [3.05, 3.63) is 48.0 Å². The summed E-state index contributed by atoms with van der Waals surface area (Å²) in [4.78, 5) is 0. The maximum atomic E-state index is 8.34. The van der Waals surface area contributed by atoms with E-state index in [-0.39, 0.29) is 38.0 Å². The molecule has 2 aliphatic carbocycles. The Kier molecular flexibility index (Phi) is 26.2. The maximum absolute atomic E-state index is 8.34. The molecule has 0 aromatic carbocycles. The predicted octanol–water partition coefficient (Wildman–Crippen LogP) is -4.35. The van der Waals surface area contributed by atoms with Gasteiger partial charge in [0.2, 0.25) is 0 Å². The minimum atomic E-state index is 0. The zero-order valence-electron chi connectivity index (χ0n) is 13.1. The summed E-state index contributed by atoms with van der Waals surface area (Å²) in [7, 11) is 0. The molecule has 0 aliphatic heterocycles. The first-order valence-corrected chi connectivity index (χ1v) is 8.16. The van der Waals surface area contributed by atoms with Crippen molar-refractivity contribution in [2.75, 3.05) is 26.4 Å². The quantitative estimate of drug-likeness (QED) is 0.410. The third kappa shape index (κ3) is 18.0. The van der Waals surface area contributed by atoms with E-state index in [1.54, 1.807) is 12.2 Å². The Hall–Kier alpha value is -0.187. The van der Waals surface area contributed by atoms with Gasteiger partial charge in [-0.2, -0.15) is 12.2 Å². The van der Waals surface area contributed by atoms with Gasteiger partial charge >= 0.3 is 34.9 Å². The second kappa shape index (κ2) is 21.8. The van der Waals surface area contributed by atoms with E-state index in [9.17, 15) is 0 Å². The zero-order valence-corrected chi connectivity index (χ0v) is 17.1. The van der Waals surface area contributed by atoms with Gasteiger partial charge in [0.1, 0.15) is 0 Å². The van der Waals surface area contributed by atoms with Crippen molar-refractivity contribution in [1.29, 1.82) is 0 Å². The first kappa shape index (κ1) is 27.7. The fourth-order valence-electron chi connectivity index (χ4n) is 1.28. The second-order valence-electron chi connectivity index (χ2n) is 3.75. The number of aliphatic hydroxyl groups excluding tert-OH is 2. The number of halogens is 2. The van der Waals surface area contributed by atoms with Crippen LogP contribution in [0.15, 0.2) is 35.8 Å². The van der Waals surface area contributed by atoms with Crippen molar-refractivity contribution in [1.82, 2.24) is 0 Å². The molecule has 0 spiro atoms. The Bertz CT molecular complexity index is 360. The molecule has 2 rings (SSSR count). The molecule has 2 N–H and O–H groups in total. The summed E-state index contributed by atoms with van der Waals surface area (Å²) >= 11 is 1.51. The Morgan fingerprint density at radius 2 is 1.35 bits per heavy atom. The minimum absolute atomic E-state index is 0. The summed E-state index contributed by atoms with van der Waals surface area (Å²) in [5, 5.41) is 16.7. The third-order valence-corrected chi connectivity index (χ3v) is 2.05. The summed E-state index contributed by atoms with van der Waals surface area (Å²) < 4.78 is 12.2. The van der Waals surface area contributed by atoms with Crippen LogP contribution in [0.25, 0.3) is 0 Å². The van der Waals surface area contributed by atoms with Gasteiger partial charge < -0.3 is 44.5 Å². The third-order valence-electron chi connectivity index (χ3n) is 2.05. The molecule has 0 heterocycles. The van der Waals surface area contributed by atoms with E-state index >= 15 is 0 Å². The van der Waals surface area contributed by atoms with E-state index in [4.69, 9.17) is 19.7 Å². The van der Waals surface area contributed by atoms with Gasteiger partial charge in [0.15, 0.2) is 0 Å². The number of rotatable bonds is 6. The van der Waals surface area contributed by atoms with Crippen LogP contribution in [0.1, 0.15) is 19.8 Å². The summed E-state index contributed by atoms with van der Waals surface area (Å²) in [6.45, 7) is 2.95. The molecular formula is C16H22Cl2O4Zr-2. The second-order valence-corrected chi connectivity index (χ2v) is 5.17. The molecule has 0 bridgehead atoms. The summed E-state index contributed by atoms with van der Waals surface area (Å²) in [6, 6.07) is 0. The average Bonchev–Trinajstić information content (AvgIpc) is 3.18. The van der Waals surface area contributed by atoms with Crippen LogP contribution in [0.2, 0.25) is 0 Å². The van der Waals surface area contributed by atoms with E-state index in [0.717, 1.165) is 24.4 Å². The van der Waals surface area contributed by atoms with E-state index in [2.05, 4.69) is 15.9 Å². The van der Waals surface area contributed by atoms with Crippen LogP contribution in [0.4, 0.5) is 0 Å². The first-order chi connectivity index (χ1) is 10.3. The smallest absolute Gasteiger partial charge is 0.0876 e. The molecule has 0 radical (unpaired) electrons. The molecule has 2 aliphatic rings. The van der Waals surface area contributed by atoms with Crippen molar-refractivity contribution < 1.29 is 68.7 Å². The van der Waals surface area contributed by atoms with Gasteiger partial charge in [0, 0.05) is 0 Å². The van der Waals surface area contributed by atoms with Gasteiger partial charge in [-0.1, -0.05) is 0 Å². The molecule has 0 saturated carbocycles. The molecule has 0 aromatic rings. The predicted molar refractivity (Wildman–Crippen MR) is 78.8 cm³/mol.